The Morgan fingerprint density at radius 3 is 1.75 bits per heavy atom. The molecule has 4 heavy (non-hydrogen) atoms. The van der Waals surface area contributed by atoms with Crippen molar-refractivity contribution in [1.29, 1.82) is 0 Å². The maximum absolute atomic E-state index is 9.13. The quantitative estimate of drug-likeness (QED) is 0.482. The van der Waals surface area contributed by atoms with Crippen LogP contribution in [-0.2, 0) is 35.7 Å². The molecular weight excluding hydrogens is 407 g/mol. The average Bonchev–Trinajstić information content (AvgIpc) is 0.918. The summed E-state index contributed by atoms with van der Waals surface area (Å²) < 4.78 is 9.13. The third-order valence-electron chi connectivity index (χ3n) is 0. The Morgan fingerprint density at radius 2 is 1.75 bits per heavy atom. The SMILES string of the molecule is [NaH].[O]=[W][W]. The van der Waals surface area contributed by atoms with Gasteiger partial charge in [-0.15, -0.1) is 0 Å². The normalized spacial score (nSPS) is 3.00. The Balaban J connectivity index is 0. The van der Waals surface area contributed by atoms with E-state index in [9.17, 15) is 0 Å². The molecule has 0 fully saturated rings. The first-order valence-corrected chi connectivity index (χ1v) is 12.5. The van der Waals surface area contributed by atoms with E-state index < -0.39 is 15.5 Å². The second-order valence-electron chi connectivity index (χ2n) is 0.0680. The van der Waals surface area contributed by atoms with Gasteiger partial charge < -0.3 is 0 Å². The Bertz CT molecular complexity index is 13.5. The predicted molar refractivity (Wildman–Crippen MR) is 7.84 cm³/mol. The second kappa shape index (κ2) is 8.95. The van der Waals surface area contributed by atoms with Crippen molar-refractivity contribution in [3.8, 4) is 0 Å². The van der Waals surface area contributed by atoms with Crippen LogP contribution >= 0.6 is 0 Å². The molecule has 0 rings (SSSR count). The standard InChI is InChI=1S/Na.O.2W.H. The van der Waals surface area contributed by atoms with Crippen LogP contribution in [0.4, 0.5) is 0 Å². The summed E-state index contributed by atoms with van der Waals surface area (Å²) in [7, 11) is 0. The third-order valence-corrected chi connectivity index (χ3v) is 0. The zero-order valence-corrected chi connectivity index (χ0v) is 7.09. The van der Waals surface area contributed by atoms with Gasteiger partial charge in [0.25, 0.3) is 0 Å². The van der Waals surface area contributed by atoms with Crippen LogP contribution in [0.3, 0.4) is 0 Å². The maximum atomic E-state index is 9.13. The predicted octanol–water partition coefficient (Wildman–Crippen LogP) is -0.772. The molecule has 0 aliphatic heterocycles. The first-order chi connectivity index (χ1) is 1.41. The van der Waals surface area contributed by atoms with Gasteiger partial charge in [-0.25, -0.2) is 0 Å². The van der Waals surface area contributed by atoms with Crippen LogP contribution in [0.15, 0.2) is 0 Å². The summed E-state index contributed by atoms with van der Waals surface area (Å²) in [6, 6.07) is 0. The van der Waals surface area contributed by atoms with E-state index in [-0.39, 0.29) is 29.6 Å². The van der Waals surface area contributed by atoms with Crippen LogP contribution in [0.2, 0.25) is 0 Å². The zero-order chi connectivity index (χ0) is 2.71. The first kappa shape index (κ1) is 9.49. The van der Waals surface area contributed by atoms with Crippen molar-refractivity contribution in [2.75, 3.05) is 0 Å². The van der Waals surface area contributed by atoms with Crippen molar-refractivity contribution in [2.45, 2.75) is 0 Å². The van der Waals surface area contributed by atoms with Crippen molar-refractivity contribution < 1.29 is 35.7 Å². The molecule has 0 atom stereocenters. The summed E-state index contributed by atoms with van der Waals surface area (Å²) in [4.78, 5) is 0. The van der Waals surface area contributed by atoms with E-state index >= 15 is 0 Å². The van der Waals surface area contributed by atoms with E-state index in [1.807, 2.05) is 0 Å². The summed E-state index contributed by atoms with van der Waals surface area (Å²) in [6.45, 7) is 0. The van der Waals surface area contributed by atoms with E-state index in [2.05, 4.69) is 0 Å². The molecule has 20 valence electrons. The van der Waals surface area contributed by atoms with Gasteiger partial charge in [0.1, 0.15) is 0 Å². The van der Waals surface area contributed by atoms with Gasteiger partial charge in [0.2, 0.25) is 0 Å². The molecule has 0 aromatic rings. The summed E-state index contributed by atoms with van der Waals surface area (Å²) in [5.74, 6) is 0. The molecule has 0 aromatic heterocycles. The molecule has 0 saturated carbocycles. The van der Waals surface area contributed by atoms with Crippen molar-refractivity contribution in [1.82, 2.24) is 0 Å². The summed E-state index contributed by atoms with van der Waals surface area (Å²) in [6.07, 6.45) is 0. The van der Waals surface area contributed by atoms with Gasteiger partial charge in [0, 0.05) is 0 Å². The molecule has 0 radical (unpaired) electrons. The van der Waals surface area contributed by atoms with Gasteiger partial charge in [-0.3, -0.25) is 0 Å². The Hall–Kier alpha value is 2.18. The summed E-state index contributed by atoms with van der Waals surface area (Å²) in [5.41, 5.74) is 0. The van der Waals surface area contributed by atoms with E-state index in [0.29, 0.717) is 0 Å². The van der Waals surface area contributed by atoms with E-state index in [1.165, 1.54) is 16.8 Å². The Kier molecular flexibility index (Phi) is 21.2. The monoisotopic (exact) mass is 408 g/mol. The fourth-order valence-corrected chi connectivity index (χ4v) is 0. The molecule has 0 unspecified atom stereocenters. The average molecular weight is 408 g/mol. The van der Waals surface area contributed by atoms with E-state index in [1.54, 1.807) is 0 Å². The molecule has 0 heterocycles. The zero-order valence-electron chi connectivity index (χ0n) is 1.22. The molecular formula is HNaOW2. The van der Waals surface area contributed by atoms with Crippen LogP contribution in [0, 0.1) is 0 Å². The Morgan fingerprint density at radius 1 is 1.75 bits per heavy atom. The minimum atomic E-state index is -0.917. The van der Waals surface area contributed by atoms with Crippen molar-refractivity contribution in [3.05, 3.63) is 0 Å². The summed E-state index contributed by atoms with van der Waals surface area (Å²) in [5, 5.41) is 0. The van der Waals surface area contributed by atoms with E-state index in [0.717, 1.165) is 0 Å². The molecule has 0 aliphatic carbocycles. The third kappa shape index (κ3) is 8.90. The first-order valence-electron chi connectivity index (χ1n) is 0.333. The van der Waals surface area contributed by atoms with Gasteiger partial charge >= 0.3 is 65.3 Å². The van der Waals surface area contributed by atoms with Crippen LogP contribution < -0.4 is 0 Å². The van der Waals surface area contributed by atoms with Crippen LogP contribution in [0.1, 0.15) is 0 Å². The minimum absolute atomic E-state index is 0. The second-order valence-corrected chi connectivity index (χ2v) is 4.56. The molecule has 0 aromatic carbocycles. The van der Waals surface area contributed by atoms with Gasteiger partial charge in [-0.2, -0.15) is 0 Å². The van der Waals surface area contributed by atoms with Gasteiger partial charge in [0.15, 0.2) is 0 Å². The van der Waals surface area contributed by atoms with Gasteiger partial charge in [-0.05, 0) is 0 Å². The number of hydrogen-bond donors (Lipinski definition) is 0. The van der Waals surface area contributed by atoms with Crippen molar-refractivity contribution in [2.24, 2.45) is 0 Å². The van der Waals surface area contributed by atoms with Gasteiger partial charge in [-0.1, -0.05) is 0 Å². The molecule has 0 aliphatic rings. The molecule has 1 nitrogen and oxygen atoms in total. The van der Waals surface area contributed by atoms with E-state index in [4.69, 9.17) is 3.40 Å². The molecule has 0 amide bonds. The van der Waals surface area contributed by atoms with Crippen LogP contribution in [-0.4, -0.2) is 29.6 Å². The number of hydrogen-bond acceptors (Lipinski definition) is 1. The molecule has 4 heteroatoms. The molecule has 0 N–H and O–H groups in total. The van der Waals surface area contributed by atoms with Gasteiger partial charge in [0.05, 0.1) is 0 Å². The van der Waals surface area contributed by atoms with Crippen LogP contribution in [0.25, 0.3) is 0 Å². The number of rotatable bonds is 0. The van der Waals surface area contributed by atoms with Crippen LogP contribution in [0.5, 0.6) is 0 Å². The van der Waals surface area contributed by atoms with Crippen molar-refractivity contribution >= 4 is 29.6 Å². The van der Waals surface area contributed by atoms with Crippen molar-refractivity contribution in [3.63, 3.8) is 0 Å². The molecule has 0 bridgehead atoms. The Labute approximate surface area is 64.2 Å². The molecule has 0 saturated heterocycles. The topological polar surface area (TPSA) is 17.1 Å². The fourth-order valence-electron chi connectivity index (χ4n) is 0. The molecule has 0 spiro atoms. The fraction of sp³-hybridized carbons (Fsp3) is 0. The summed E-state index contributed by atoms with van der Waals surface area (Å²) >= 11 is 0.366.